The minimum atomic E-state index is -1.25. The highest BCUT2D eigenvalue weighted by molar-refractivity contribution is 5.83. The Balaban J connectivity index is 2.62. The molecule has 1 N–H and O–H groups in total. The second-order valence-corrected chi connectivity index (χ2v) is 4.09. The van der Waals surface area contributed by atoms with Crippen molar-refractivity contribution in [1.82, 2.24) is 14.8 Å². The van der Waals surface area contributed by atoms with Gasteiger partial charge in [-0.2, -0.15) is 5.26 Å². The van der Waals surface area contributed by atoms with E-state index in [9.17, 15) is 9.18 Å². The Morgan fingerprint density at radius 3 is 2.90 bits per heavy atom. The molecule has 0 bridgehead atoms. The van der Waals surface area contributed by atoms with Gasteiger partial charge in [0.15, 0.2) is 0 Å². The van der Waals surface area contributed by atoms with E-state index >= 15 is 0 Å². The number of hydrogen-bond acceptors (Lipinski definition) is 4. The second kappa shape index (κ2) is 5.48. The maximum atomic E-state index is 13.1. The van der Waals surface area contributed by atoms with E-state index in [2.05, 4.69) is 10.1 Å². The lowest BCUT2D eigenvalue weighted by molar-refractivity contribution is 0.0683. The number of carboxylic acids is 1. The molecule has 0 radical (unpaired) electrons. The number of rotatable bonds is 4. The summed E-state index contributed by atoms with van der Waals surface area (Å²) in [5, 5.41) is 21.9. The lowest BCUT2D eigenvalue weighted by atomic mass is 10.2. The van der Waals surface area contributed by atoms with Crippen LogP contribution in [-0.4, -0.2) is 25.8 Å². The van der Waals surface area contributed by atoms with E-state index in [4.69, 9.17) is 10.4 Å². The van der Waals surface area contributed by atoms with Gasteiger partial charge in [-0.05, 0) is 24.6 Å². The fourth-order valence-corrected chi connectivity index (χ4v) is 1.80. The van der Waals surface area contributed by atoms with Crippen molar-refractivity contribution in [3.8, 4) is 11.8 Å². The van der Waals surface area contributed by atoms with Gasteiger partial charge in [0, 0.05) is 6.42 Å². The third-order valence-electron chi connectivity index (χ3n) is 2.65. The molecule has 6 nitrogen and oxygen atoms in total. The van der Waals surface area contributed by atoms with Crippen molar-refractivity contribution in [2.75, 3.05) is 0 Å². The van der Waals surface area contributed by atoms with E-state index in [0.29, 0.717) is 17.9 Å². The first kappa shape index (κ1) is 13.7. The molecular formula is C13H11FN4O2. The van der Waals surface area contributed by atoms with Gasteiger partial charge in [-0.3, -0.25) is 0 Å². The summed E-state index contributed by atoms with van der Waals surface area (Å²) in [5.41, 5.74) is 0.390. The Kier molecular flexibility index (Phi) is 3.75. The lowest BCUT2D eigenvalue weighted by Gasteiger charge is -2.06. The smallest absolute Gasteiger partial charge is 0.375 e. The van der Waals surface area contributed by atoms with Crippen LogP contribution in [0.1, 0.15) is 35.4 Å². The summed E-state index contributed by atoms with van der Waals surface area (Å²) in [6.45, 7) is 1.91. The molecule has 0 amide bonds. The van der Waals surface area contributed by atoms with Crippen LogP contribution in [0.5, 0.6) is 0 Å². The zero-order valence-corrected chi connectivity index (χ0v) is 10.7. The molecule has 0 unspecified atom stereocenters. The molecule has 1 heterocycles. The third-order valence-corrected chi connectivity index (χ3v) is 2.65. The van der Waals surface area contributed by atoms with Gasteiger partial charge < -0.3 is 5.11 Å². The van der Waals surface area contributed by atoms with Gasteiger partial charge in [0.2, 0.25) is 0 Å². The SMILES string of the molecule is CCCc1nc(C(=O)O)nn1-c1ccc(F)cc1C#N. The number of aromatic carboxylic acids is 1. The molecule has 7 heteroatoms. The summed E-state index contributed by atoms with van der Waals surface area (Å²) in [5.74, 6) is -1.71. The largest absolute Gasteiger partial charge is 0.475 e. The van der Waals surface area contributed by atoms with Crippen molar-refractivity contribution in [3.05, 3.63) is 41.2 Å². The molecule has 0 aliphatic rings. The summed E-state index contributed by atoms with van der Waals surface area (Å²) in [6.07, 6.45) is 1.24. The Hall–Kier alpha value is -2.75. The molecule has 0 atom stereocenters. The van der Waals surface area contributed by atoms with Gasteiger partial charge in [-0.1, -0.05) is 6.92 Å². The molecule has 0 saturated heterocycles. The predicted molar refractivity (Wildman–Crippen MR) is 67.0 cm³/mol. The average molecular weight is 274 g/mol. The van der Waals surface area contributed by atoms with Gasteiger partial charge in [-0.15, -0.1) is 5.10 Å². The zero-order valence-electron chi connectivity index (χ0n) is 10.7. The van der Waals surface area contributed by atoms with Gasteiger partial charge in [0.1, 0.15) is 17.7 Å². The molecule has 20 heavy (non-hydrogen) atoms. The number of aromatic nitrogens is 3. The molecule has 2 aromatic rings. The van der Waals surface area contributed by atoms with Crippen molar-refractivity contribution in [1.29, 1.82) is 5.26 Å². The van der Waals surface area contributed by atoms with Crippen LogP contribution < -0.4 is 0 Å². The average Bonchev–Trinajstić information content (AvgIpc) is 2.83. The molecule has 0 aliphatic heterocycles. The second-order valence-electron chi connectivity index (χ2n) is 4.09. The van der Waals surface area contributed by atoms with Gasteiger partial charge in [-0.25, -0.2) is 18.9 Å². The monoisotopic (exact) mass is 274 g/mol. The first-order valence-corrected chi connectivity index (χ1v) is 5.96. The van der Waals surface area contributed by atoms with Gasteiger partial charge in [0.25, 0.3) is 5.82 Å². The Bertz CT molecular complexity index is 703. The predicted octanol–water partition coefficient (Wildman–Crippen LogP) is 1.93. The van der Waals surface area contributed by atoms with E-state index in [1.807, 2.05) is 13.0 Å². The molecule has 2 rings (SSSR count). The van der Waals surface area contributed by atoms with E-state index < -0.39 is 11.8 Å². The van der Waals surface area contributed by atoms with Crippen LogP contribution in [0, 0.1) is 17.1 Å². The number of hydrogen-bond donors (Lipinski definition) is 1. The number of benzene rings is 1. The van der Waals surface area contributed by atoms with Crippen molar-refractivity contribution >= 4 is 5.97 Å². The van der Waals surface area contributed by atoms with Crippen LogP contribution in [0.25, 0.3) is 5.69 Å². The van der Waals surface area contributed by atoms with Crippen LogP contribution in [0.4, 0.5) is 4.39 Å². The Morgan fingerprint density at radius 2 is 2.30 bits per heavy atom. The van der Waals surface area contributed by atoms with E-state index in [1.165, 1.54) is 16.8 Å². The topological polar surface area (TPSA) is 91.8 Å². The van der Waals surface area contributed by atoms with Crippen molar-refractivity contribution in [3.63, 3.8) is 0 Å². The first-order chi connectivity index (χ1) is 9.56. The zero-order chi connectivity index (χ0) is 14.7. The highest BCUT2D eigenvalue weighted by Crippen LogP contribution is 2.17. The van der Waals surface area contributed by atoms with E-state index in [0.717, 1.165) is 12.5 Å². The van der Waals surface area contributed by atoms with Gasteiger partial charge >= 0.3 is 5.97 Å². The fourth-order valence-electron chi connectivity index (χ4n) is 1.80. The summed E-state index contributed by atoms with van der Waals surface area (Å²) in [6, 6.07) is 5.51. The molecule has 1 aromatic carbocycles. The van der Waals surface area contributed by atoms with Crippen molar-refractivity contribution < 1.29 is 14.3 Å². The maximum absolute atomic E-state index is 13.1. The molecule has 0 saturated carbocycles. The number of aryl methyl sites for hydroxylation is 1. The molecule has 0 spiro atoms. The fraction of sp³-hybridized carbons (Fsp3) is 0.231. The quantitative estimate of drug-likeness (QED) is 0.919. The third kappa shape index (κ3) is 2.49. The first-order valence-electron chi connectivity index (χ1n) is 5.96. The summed E-state index contributed by atoms with van der Waals surface area (Å²) in [4.78, 5) is 14.9. The molecule has 0 fully saturated rings. The summed E-state index contributed by atoms with van der Waals surface area (Å²) < 4.78 is 14.4. The molecule has 1 aromatic heterocycles. The number of carboxylic acid groups (broad SMARTS) is 1. The highest BCUT2D eigenvalue weighted by Gasteiger charge is 2.18. The standard InChI is InChI=1S/C13H11FN4O2/c1-2-3-11-16-12(13(19)20)17-18(11)10-5-4-9(14)6-8(10)7-15/h4-6H,2-3H2,1H3,(H,19,20). The number of nitrogens with zero attached hydrogens (tertiary/aromatic N) is 4. The van der Waals surface area contributed by atoms with E-state index in [-0.39, 0.29) is 11.4 Å². The van der Waals surface area contributed by atoms with Crippen molar-refractivity contribution in [2.45, 2.75) is 19.8 Å². The van der Waals surface area contributed by atoms with Crippen LogP contribution >= 0.6 is 0 Å². The van der Waals surface area contributed by atoms with Crippen molar-refractivity contribution in [2.24, 2.45) is 0 Å². The van der Waals surface area contributed by atoms with Gasteiger partial charge in [0.05, 0.1) is 11.3 Å². The summed E-state index contributed by atoms with van der Waals surface area (Å²) >= 11 is 0. The van der Waals surface area contributed by atoms with Crippen LogP contribution in [0.2, 0.25) is 0 Å². The summed E-state index contributed by atoms with van der Waals surface area (Å²) in [7, 11) is 0. The number of halogens is 1. The van der Waals surface area contributed by atoms with Crippen LogP contribution in [0.15, 0.2) is 18.2 Å². The normalized spacial score (nSPS) is 10.2. The maximum Gasteiger partial charge on any atom is 0.375 e. The minimum Gasteiger partial charge on any atom is -0.475 e. The highest BCUT2D eigenvalue weighted by atomic mass is 19.1. The number of nitriles is 1. The Labute approximate surface area is 114 Å². The molecule has 102 valence electrons. The number of carbonyl (C=O) groups is 1. The molecule has 0 aliphatic carbocycles. The lowest BCUT2D eigenvalue weighted by Crippen LogP contribution is -2.06. The van der Waals surface area contributed by atoms with Crippen LogP contribution in [-0.2, 0) is 6.42 Å². The molecular weight excluding hydrogens is 263 g/mol. The van der Waals surface area contributed by atoms with E-state index in [1.54, 1.807) is 0 Å². The van der Waals surface area contributed by atoms with Crippen LogP contribution in [0.3, 0.4) is 0 Å². The minimum absolute atomic E-state index is 0.0733. The Morgan fingerprint density at radius 1 is 1.55 bits per heavy atom.